The number of likely N-dealkylation sites (tertiary alicyclic amines) is 1. The van der Waals surface area contributed by atoms with Gasteiger partial charge in [-0.2, -0.15) is 0 Å². The van der Waals surface area contributed by atoms with Crippen LogP contribution in [0.3, 0.4) is 0 Å². The second kappa shape index (κ2) is 5.52. The summed E-state index contributed by atoms with van der Waals surface area (Å²) in [5.74, 6) is 0.253. The predicted molar refractivity (Wildman–Crippen MR) is 75.0 cm³/mol. The number of amides is 1. The van der Waals surface area contributed by atoms with Crippen molar-refractivity contribution in [2.24, 2.45) is 5.41 Å². The second-order valence-corrected chi connectivity index (χ2v) is 6.24. The standard InChI is InChI=1S/C14H23N5O/c1-12-10-14(3-5-15-6-4-14)11-19(12)13(20)2-8-18-9-7-16-17-18/h7,9,12,15H,2-6,8,10-11H2,1H3. The van der Waals surface area contributed by atoms with Gasteiger partial charge >= 0.3 is 0 Å². The predicted octanol–water partition coefficient (Wildman–Crippen LogP) is 0.659. The molecule has 0 radical (unpaired) electrons. The van der Waals surface area contributed by atoms with Gasteiger partial charge in [-0.1, -0.05) is 5.21 Å². The summed E-state index contributed by atoms with van der Waals surface area (Å²) in [6.45, 7) is 5.92. The lowest BCUT2D eigenvalue weighted by Gasteiger charge is -2.33. The van der Waals surface area contributed by atoms with Gasteiger partial charge in [0, 0.05) is 25.2 Å². The van der Waals surface area contributed by atoms with Crippen molar-refractivity contribution in [2.75, 3.05) is 19.6 Å². The number of nitrogens with one attached hydrogen (secondary N) is 1. The van der Waals surface area contributed by atoms with Gasteiger partial charge in [0.1, 0.15) is 0 Å². The molecule has 2 aliphatic heterocycles. The number of piperidine rings is 1. The van der Waals surface area contributed by atoms with E-state index in [9.17, 15) is 4.79 Å². The third kappa shape index (κ3) is 2.70. The van der Waals surface area contributed by atoms with E-state index in [1.165, 1.54) is 12.8 Å². The van der Waals surface area contributed by atoms with E-state index in [4.69, 9.17) is 0 Å². The molecule has 0 saturated carbocycles. The van der Waals surface area contributed by atoms with Gasteiger partial charge in [-0.05, 0) is 44.7 Å². The van der Waals surface area contributed by atoms with E-state index in [2.05, 4.69) is 27.5 Å². The van der Waals surface area contributed by atoms with Crippen LogP contribution < -0.4 is 5.32 Å². The van der Waals surface area contributed by atoms with Crippen molar-refractivity contribution in [1.29, 1.82) is 0 Å². The van der Waals surface area contributed by atoms with Crippen LogP contribution in [0.25, 0.3) is 0 Å². The molecule has 1 aromatic rings. The van der Waals surface area contributed by atoms with Gasteiger partial charge in [0.05, 0.1) is 12.7 Å². The molecule has 0 bridgehead atoms. The summed E-state index contributed by atoms with van der Waals surface area (Å²) < 4.78 is 1.72. The SMILES string of the molecule is CC1CC2(CCNCC2)CN1C(=O)CCn1ccnn1. The van der Waals surface area contributed by atoms with Crippen molar-refractivity contribution < 1.29 is 4.79 Å². The quantitative estimate of drug-likeness (QED) is 0.881. The van der Waals surface area contributed by atoms with Crippen molar-refractivity contribution in [3.8, 4) is 0 Å². The largest absolute Gasteiger partial charge is 0.339 e. The van der Waals surface area contributed by atoms with E-state index in [1.807, 2.05) is 0 Å². The first-order valence-electron chi connectivity index (χ1n) is 7.53. The van der Waals surface area contributed by atoms with Crippen molar-refractivity contribution in [1.82, 2.24) is 25.2 Å². The Bertz CT molecular complexity index is 452. The molecular formula is C14H23N5O. The Hall–Kier alpha value is -1.43. The number of hydrogen-bond donors (Lipinski definition) is 1. The van der Waals surface area contributed by atoms with Crippen LogP contribution in [0.5, 0.6) is 0 Å². The van der Waals surface area contributed by atoms with E-state index in [0.717, 1.165) is 26.1 Å². The van der Waals surface area contributed by atoms with Crippen LogP contribution in [-0.2, 0) is 11.3 Å². The number of carbonyl (C=O) groups excluding carboxylic acids is 1. The van der Waals surface area contributed by atoms with Crippen LogP contribution in [0, 0.1) is 5.41 Å². The molecular weight excluding hydrogens is 254 g/mol. The zero-order chi connectivity index (χ0) is 14.0. The molecule has 6 nitrogen and oxygen atoms in total. The molecule has 6 heteroatoms. The molecule has 0 aromatic carbocycles. The van der Waals surface area contributed by atoms with Crippen LogP contribution in [0.1, 0.15) is 32.6 Å². The molecule has 3 rings (SSSR count). The molecule has 0 aliphatic carbocycles. The van der Waals surface area contributed by atoms with E-state index in [1.54, 1.807) is 17.1 Å². The molecule has 2 fully saturated rings. The molecule has 2 saturated heterocycles. The molecule has 1 spiro atoms. The maximum Gasteiger partial charge on any atom is 0.224 e. The van der Waals surface area contributed by atoms with E-state index >= 15 is 0 Å². The summed E-state index contributed by atoms with van der Waals surface area (Å²) in [5, 5.41) is 11.1. The molecule has 1 N–H and O–H groups in total. The topological polar surface area (TPSA) is 63.1 Å². The lowest BCUT2D eigenvalue weighted by Crippen LogP contribution is -2.40. The smallest absolute Gasteiger partial charge is 0.224 e. The van der Waals surface area contributed by atoms with Gasteiger partial charge in [0.15, 0.2) is 0 Å². The van der Waals surface area contributed by atoms with Gasteiger partial charge < -0.3 is 10.2 Å². The number of nitrogens with zero attached hydrogens (tertiary/aromatic N) is 4. The number of rotatable bonds is 3. The minimum atomic E-state index is 0.253. The lowest BCUT2D eigenvalue weighted by molar-refractivity contribution is -0.132. The first-order chi connectivity index (χ1) is 9.69. The molecule has 2 aliphatic rings. The Kier molecular flexibility index (Phi) is 3.74. The van der Waals surface area contributed by atoms with Crippen LogP contribution in [0.2, 0.25) is 0 Å². The van der Waals surface area contributed by atoms with Gasteiger partial charge in [-0.15, -0.1) is 5.10 Å². The second-order valence-electron chi connectivity index (χ2n) is 6.24. The Morgan fingerprint density at radius 2 is 2.25 bits per heavy atom. The van der Waals surface area contributed by atoms with Crippen molar-refractivity contribution in [3.05, 3.63) is 12.4 Å². The fraction of sp³-hybridized carbons (Fsp3) is 0.786. The fourth-order valence-electron chi connectivity index (χ4n) is 3.68. The Morgan fingerprint density at radius 3 is 2.95 bits per heavy atom. The fourth-order valence-corrected chi connectivity index (χ4v) is 3.68. The molecule has 1 aromatic heterocycles. The highest BCUT2D eigenvalue weighted by atomic mass is 16.2. The highest BCUT2D eigenvalue weighted by Crippen LogP contribution is 2.41. The average Bonchev–Trinajstić information content (AvgIpc) is 3.06. The third-order valence-electron chi connectivity index (χ3n) is 4.78. The normalized spacial score (nSPS) is 25.2. The maximum absolute atomic E-state index is 12.4. The summed E-state index contributed by atoms with van der Waals surface area (Å²) in [7, 11) is 0. The Morgan fingerprint density at radius 1 is 1.45 bits per heavy atom. The van der Waals surface area contributed by atoms with Gasteiger partial charge in [0.2, 0.25) is 5.91 Å². The van der Waals surface area contributed by atoms with Crippen molar-refractivity contribution in [2.45, 2.75) is 45.2 Å². The number of carbonyl (C=O) groups is 1. The van der Waals surface area contributed by atoms with Crippen LogP contribution in [0.4, 0.5) is 0 Å². The summed E-state index contributed by atoms with van der Waals surface area (Å²) in [6.07, 6.45) is 7.52. The first-order valence-corrected chi connectivity index (χ1v) is 7.53. The summed E-state index contributed by atoms with van der Waals surface area (Å²) >= 11 is 0. The molecule has 1 amide bonds. The minimum absolute atomic E-state index is 0.253. The lowest BCUT2D eigenvalue weighted by atomic mass is 9.77. The molecule has 110 valence electrons. The molecule has 1 atom stereocenters. The van der Waals surface area contributed by atoms with Crippen molar-refractivity contribution in [3.63, 3.8) is 0 Å². The van der Waals surface area contributed by atoms with Gasteiger partial charge in [-0.3, -0.25) is 9.48 Å². The zero-order valence-electron chi connectivity index (χ0n) is 12.1. The van der Waals surface area contributed by atoms with Gasteiger partial charge in [0.25, 0.3) is 0 Å². The zero-order valence-corrected chi connectivity index (χ0v) is 12.1. The Labute approximate surface area is 119 Å². The van der Waals surface area contributed by atoms with Crippen molar-refractivity contribution >= 4 is 5.91 Å². The van der Waals surface area contributed by atoms with Crippen LogP contribution in [-0.4, -0.2) is 51.5 Å². The molecule has 20 heavy (non-hydrogen) atoms. The highest BCUT2D eigenvalue weighted by molar-refractivity contribution is 5.76. The highest BCUT2D eigenvalue weighted by Gasteiger charge is 2.44. The molecule has 1 unspecified atom stereocenters. The molecule has 3 heterocycles. The first kappa shape index (κ1) is 13.5. The third-order valence-corrected chi connectivity index (χ3v) is 4.78. The monoisotopic (exact) mass is 277 g/mol. The van der Waals surface area contributed by atoms with E-state index in [0.29, 0.717) is 24.4 Å². The van der Waals surface area contributed by atoms with E-state index < -0.39 is 0 Å². The van der Waals surface area contributed by atoms with Crippen LogP contribution >= 0.6 is 0 Å². The summed E-state index contributed by atoms with van der Waals surface area (Å²) in [5.41, 5.74) is 0.369. The summed E-state index contributed by atoms with van der Waals surface area (Å²) in [6, 6.07) is 0.372. The van der Waals surface area contributed by atoms with E-state index in [-0.39, 0.29) is 5.91 Å². The van der Waals surface area contributed by atoms with Gasteiger partial charge in [-0.25, -0.2) is 0 Å². The maximum atomic E-state index is 12.4. The summed E-state index contributed by atoms with van der Waals surface area (Å²) in [4.78, 5) is 14.5. The minimum Gasteiger partial charge on any atom is -0.339 e. The number of hydrogen-bond acceptors (Lipinski definition) is 4. The average molecular weight is 277 g/mol. The van der Waals surface area contributed by atoms with Crippen LogP contribution in [0.15, 0.2) is 12.4 Å². The number of aryl methyl sites for hydroxylation is 1. The number of aromatic nitrogens is 3. The Balaban J connectivity index is 1.57.